The number of hydrogen-bond donors (Lipinski definition) is 1. The van der Waals surface area contributed by atoms with Gasteiger partial charge in [-0.05, 0) is 43.9 Å². The lowest BCUT2D eigenvalue weighted by atomic mass is 10.1. The van der Waals surface area contributed by atoms with Gasteiger partial charge in [0, 0.05) is 12.2 Å². The molecular formula is C14H18FNO4S. The van der Waals surface area contributed by atoms with Crippen LogP contribution in [0.15, 0.2) is 18.2 Å². The zero-order valence-corrected chi connectivity index (χ0v) is 12.6. The molecule has 0 aromatic heterocycles. The highest BCUT2D eigenvalue weighted by molar-refractivity contribution is 7.90. The average molecular weight is 315 g/mol. The van der Waals surface area contributed by atoms with E-state index in [1.165, 1.54) is 12.1 Å². The Morgan fingerprint density at radius 2 is 2.19 bits per heavy atom. The number of benzene rings is 1. The van der Waals surface area contributed by atoms with Crippen LogP contribution in [-0.4, -0.2) is 32.8 Å². The third-order valence-corrected chi connectivity index (χ3v) is 4.67. The Kier molecular flexibility index (Phi) is 4.95. The molecule has 116 valence electrons. The van der Waals surface area contributed by atoms with Gasteiger partial charge in [0.25, 0.3) is 5.91 Å². The van der Waals surface area contributed by atoms with E-state index >= 15 is 0 Å². The maximum Gasteiger partial charge on any atom is 0.264 e. The van der Waals surface area contributed by atoms with Crippen molar-refractivity contribution in [2.45, 2.75) is 32.3 Å². The summed E-state index contributed by atoms with van der Waals surface area (Å²) in [5, 5.41) is 0. The Morgan fingerprint density at radius 1 is 1.43 bits per heavy atom. The number of ether oxygens (including phenoxy) is 1. The van der Waals surface area contributed by atoms with E-state index < -0.39 is 21.7 Å². The standard InChI is InChI=1S/C14H18FNO4S/c1-10-5-6-11(8-13(10)15)14(17)16-21(18,19)9-12-4-2-3-7-20-12/h5-6,8,12H,2-4,7,9H2,1H3,(H,16,17)/t12-/m1/s1. The van der Waals surface area contributed by atoms with Crippen LogP contribution in [0.3, 0.4) is 0 Å². The summed E-state index contributed by atoms with van der Waals surface area (Å²) in [5.41, 5.74) is 0.372. The summed E-state index contributed by atoms with van der Waals surface area (Å²) >= 11 is 0. The average Bonchev–Trinajstić information content (AvgIpc) is 2.41. The van der Waals surface area contributed by atoms with Crippen molar-refractivity contribution in [1.82, 2.24) is 4.72 Å². The molecule has 0 bridgehead atoms. The fourth-order valence-corrected chi connectivity index (χ4v) is 3.40. The largest absolute Gasteiger partial charge is 0.377 e. The first-order chi connectivity index (χ1) is 9.87. The topological polar surface area (TPSA) is 72.5 Å². The Hall–Kier alpha value is -1.47. The van der Waals surface area contributed by atoms with Crippen LogP contribution in [0.25, 0.3) is 0 Å². The molecule has 1 fully saturated rings. The Labute approximate surface area is 123 Å². The van der Waals surface area contributed by atoms with E-state index in [1.54, 1.807) is 6.92 Å². The minimum Gasteiger partial charge on any atom is -0.377 e. The predicted octanol–water partition coefficient (Wildman–Crippen LogP) is 1.76. The van der Waals surface area contributed by atoms with Crippen LogP contribution in [0.2, 0.25) is 0 Å². The summed E-state index contributed by atoms with van der Waals surface area (Å²) in [6, 6.07) is 3.85. The van der Waals surface area contributed by atoms with Gasteiger partial charge in [-0.3, -0.25) is 4.79 Å². The van der Waals surface area contributed by atoms with Gasteiger partial charge in [0.05, 0.1) is 11.9 Å². The van der Waals surface area contributed by atoms with E-state index in [0.717, 1.165) is 18.9 Å². The number of halogens is 1. The summed E-state index contributed by atoms with van der Waals surface area (Å²) in [6.45, 7) is 2.10. The first-order valence-electron chi connectivity index (χ1n) is 6.80. The number of sulfonamides is 1. The highest BCUT2D eigenvalue weighted by atomic mass is 32.2. The fourth-order valence-electron chi connectivity index (χ4n) is 2.16. The van der Waals surface area contributed by atoms with Gasteiger partial charge >= 0.3 is 0 Å². The Morgan fingerprint density at radius 3 is 2.81 bits per heavy atom. The van der Waals surface area contributed by atoms with E-state index in [0.29, 0.717) is 18.6 Å². The molecule has 1 aliphatic rings. The first-order valence-corrected chi connectivity index (χ1v) is 8.45. The minimum absolute atomic E-state index is 0.0220. The maximum atomic E-state index is 13.4. The molecule has 0 radical (unpaired) electrons. The van der Waals surface area contributed by atoms with Crippen molar-refractivity contribution in [2.24, 2.45) is 0 Å². The van der Waals surface area contributed by atoms with Crippen molar-refractivity contribution in [1.29, 1.82) is 0 Å². The Bertz CT molecular complexity index is 624. The summed E-state index contributed by atoms with van der Waals surface area (Å²) in [6.07, 6.45) is 2.11. The minimum atomic E-state index is -3.80. The number of hydrogen-bond acceptors (Lipinski definition) is 4. The van der Waals surface area contributed by atoms with Crippen molar-refractivity contribution in [2.75, 3.05) is 12.4 Å². The van der Waals surface area contributed by atoms with Crippen LogP contribution in [0.1, 0.15) is 35.2 Å². The number of nitrogens with one attached hydrogen (secondary N) is 1. The van der Waals surface area contributed by atoms with Crippen LogP contribution >= 0.6 is 0 Å². The molecule has 21 heavy (non-hydrogen) atoms. The van der Waals surface area contributed by atoms with Gasteiger partial charge in [-0.15, -0.1) is 0 Å². The van der Waals surface area contributed by atoms with Crippen molar-refractivity contribution in [3.8, 4) is 0 Å². The van der Waals surface area contributed by atoms with Crippen LogP contribution in [0, 0.1) is 12.7 Å². The zero-order chi connectivity index (χ0) is 15.5. The van der Waals surface area contributed by atoms with Gasteiger partial charge in [0.2, 0.25) is 10.0 Å². The highest BCUT2D eigenvalue weighted by Crippen LogP contribution is 2.14. The third-order valence-electron chi connectivity index (χ3n) is 3.36. The second-order valence-electron chi connectivity index (χ2n) is 5.17. The van der Waals surface area contributed by atoms with Gasteiger partial charge in [-0.1, -0.05) is 6.07 Å². The van der Waals surface area contributed by atoms with Crippen molar-refractivity contribution in [3.63, 3.8) is 0 Å². The molecule has 0 aliphatic carbocycles. The van der Waals surface area contributed by atoms with Gasteiger partial charge < -0.3 is 4.74 Å². The van der Waals surface area contributed by atoms with Crippen molar-refractivity contribution < 1.29 is 22.3 Å². The fraction of sp³-hybridized carbons (Fsp3) is 0.500. The lowest BCUT2D eigenvalue weighted by Crippen LogP contribution is -2.38. The molecule has 0 saturated carbocycles. The SMILES string of the molecule is Cc1ccc(C(=O)NS(=O)(=O)C[C@H]2CCCCO2)cc1F. The quantitative estimate of drug-likeness (QED) is 0.919. The molecule has 0 spiro atoms. The molecule has 1 aromatic rings. The molecule has 2 rings (SSSR count). The second kappa shape index (κ2) is 6.53. The summed E-state index contributed by atoms with van der Waals surface area (Å²) < 4.78 is 44.6. The van der Waals surface area contributed by atoms with E-state index in [-0.39, 0.29) is 17.4 Å². The van der Waals surface area contributed by atoms with Crippen molar-refractivity contribution >= 4 is 15.9 Å². The third kappa shape index (κ3) is 4.50. The molecule has 1 heterocycles. The predicted molar refractivity (Wildman–Crippen MR) is 76.0 cm³/mol. The van der Waals surface area contributed by atoms with Crippen LogP contribution < -0.4 is 4.72 Å². The van der Waals surface area contributed by atoms with Gasteiger partial charge in [0.1, 0.15) is 5.82 Å². The van der Waals surface area contributed by atoms with Crippen LogP contribution in [0.5, 0.6) is 0 Å². The van der Waals surface area contributed by atoms with E-state index in [2.05, 4.69) is 0 Å². The molecular weight excluding hydrogens is 297 g/mol. The van der Waals surface area contributed by atoms with E-state index in [4.69, 9.17) is 4.74 Å². The number of carbonyl (C=O) groups excluding carboxylic acids is 1. The molecule has 1 atom stereocenters. The normalized spacial score (nSPS) is 19.2. The number of amides is 1. The zero-order valence-electron chi connectivity index (χ0n) is 11.8. The molecule has 1 saturated heterocycles. The monoisotopic (exact) mass is 315 g/mol. The smallest absolute Gasteiger partial charge is 0.264 e. The summed E-state index contributed by atoms with van der Waals surface area (Å²) in [5.74, 6) is -1.63. The summed E-state index contributed by atoms with van der Waals surface area (Å²) in [4.78, 5) is 11.9. The van der Waals surface area contributed by atoms with Gasteiger partial charge in [-0.25, -0.2) is 17.5 Å². The molecule has 1 N–H and O–H groups in total. The molecule has 7 heteroatoms. The van der Waals surface area contributed by atoms with Crippen LogP contribution in [-0.2, 0) is 14.8 Å². The van der Waals surface area contributed by atoms with E-state index in [9.17, 15) is 17.6 Å². The number of carbonyl (C=O) groups is 1. The van der Waals surface area contributed by atoms with Gasteiger partial charge in [-0.2, -0.15) is 0 Å². The lowest BCUT2D eigenvalue weighted by molar-refractivity contribution is 0.0304. The molecule has 0 unspecified atom stereocenters. The molecule has 1 aliphatic heterocycles. The molecule has 1 aromatic carbocycles. The van der Waals surface area contributed by atoms with Gasteiger partial charge in [0.15, 0.2) is 0 Å². The van der Waals surface area contributed by atoms with Crippen LogP contribution in [0.4, 0.5) is 4.39 Å². The number of aryl methyl sites for hydroxylation is 1. The Balaban J connectivity index is 2.01. The molecule has 5 nitrogen and oxygen atoms in total. The summed E-state index contributed by atoms with van der Waals surface area (Å²) in [7, 11) is -3.80. The van der Waals surface area contributed by atoms with Crippen molar-refractivity contribution in [3.05, 3.63) is 35.1 Å². The lowest BCUT2D eigenvalue weighted by Gasteiger charge is -2.22. The van der Waals surface area contributed by atoms with E-state index in [1.807, 2.05) is 4.72 Å². The molecule has 1 amide bonds. The number of rotatable bonds is 4. The highest BCUT2D eigenvalue weighted by Gasteiger charge is 2.24. The maximum absolute atomic E-state index is 13.4. The first kappa shape index (κ1) is 15.9. The second-order valence-corrected chi connectivity index (χ2v) is 6.93.